The Hall–Kier alpha value is -2.96. The van der Waals surface area contributed by atoms with Crippen LogP contribution in [0.25, 0.3) is 22.9 Å². The molecule has 7 heteroatoms. The Kier molecular flexibility index (Phi) is 4.22. The first-order chi connectivity index (χ1) is 13.7. The Morgan fingerprint density at radius 3 is 2.75 bits per heavy atom. The van der Waals surface area contributed by atoms with Crippen LogP contribution in [-0.2, 0) is 13.0 Å². The average Bonchev–Trinajstić information content (AvgIpc) is 3.34. The van der Waals surface area contributed by atoms with E-state index in [2.05, 4.69) is 10.3 Å². The van der Waals surface area contributed by atoms with Crippen LogP contribution < -0.4 is 5.32 Å². The smallest absolute Gasteiger partial charge is 0.235 e. The summed E-state index contributed by atoms with van der Waals surface area (Å²) < 4.78 is 18.4. The van der Waals surface area contributed by atoms with Crippen molar-refractivity contribution in [3.8, 4) is 22.9 Å². The second kappa shape index (κ2) is 6.89. The number of aromatic nitrogens is 4. The van der Waals surface area contributed by atoms with E-state index in [9.17, 15) is 4.39 Å². The normalized spacial score (nSPS) is 13.5. The molecule has 0 atom stereocenters. The van der Waals surface area contributed by atoms with Gasteiger partial charge in [-0.25, -0.2) is 14.1 Å². The molecule has 0 aliphatic carbocycles. The molecule has 140 valence electrons. The molecular formula is C21H17ClFN5. The van der Waals surface area contributed by atoms with Gasteiger partial charge in [-0.1, -0.05) is 35.9 Å². The molecule has 5 rings (SSSR count). The number of fused-ring (bicyclic) bond motifs is 1. The number of nitrogens with zero attached hydrogens (tertiary/aromatic N) is 4. The zero-order valence-corrected chi connectivity index (χ0v) is 15.7. The summed E-state index contributed by atoms with van der Waals surface area (Å²) in [6.45, 7) is 1.44. The van der Waals surface area contributed by atoms with E-state index in [0.29, 0.717) is 28.8 Å². The van der Waals surface area contributed by atoms with E-state index >= 15 is 0 Å². The number of para-hydroxylation sites is 1. The van der Waals surface area contributed by atoms with Gasteiger partial charge in [-0.15, -0.1) is 0 Å². The van der Waals surface area contributed by atoms with Crippen molar-refractivity contribution in [1.29, 1.82) is 0 Å². The minimum absolute atomic E-state index is 0.334. The van der Waals surface area contributed by atoms with E-state index < -0.39 is 0 Å². The van der Waals surface area contributed by atoms with Crippen molar-refractivity contribution in [2.75, 3.05) is 6.54 Å². The molecule has 1 N–H and O–H groups in total. The highest BCUT2D eigenvalue weighted by Gasteiger charge is 2.27. The van der Waals surface area contributed by atoms with Crippen LogP contribution in [0.5, 0.6) is 0 Å². The van der Waals surface area contributed by atoms with E-state index in [0.717, 1.165) is 29.9 Å². The number of nitrogens with one attached hydrogen (secondary N) is 1. The Morgan fingerprint density at radius 2 is 1.93 bits per heavy atom. The molecule has 4 aromatic rings. The summed E-state index contributed by atoms with van der Waals surface area (Å²) in [6, 6.07) is 14.7. The number of hydrogen-bond acceptors (Lipinski definition) is 3. The van der Waals surface area contributed by atoms with Crippen molar-refractivity contribution < 1.29 is 4.39 Å². The fourth-order valence-electron chi connectivity index (χ4n) is 3.68. The molecule has 0 spiro atoms. The van der Waals surface area contributed by atoms with Crippen LogP contribution in [0.1, 0.15) is 11.3 Å². The fourth-order valence-corrected chi connectivity index (χ4v) is 3.93. The van der Waals surface area contributed by atoms with Crippen molar-refractivity contribution >= 4 is 11.6 Å². The standard InChI is InChI=1S/C21H17ClFN5/c22-16-7-4-8-17(23)19(16)20-15-13-24-10-9-18(15)28(26-20)21-25-11-12-27(21)14-5-2-1-3-6-14/h1-8,11-12,24H,9-10,13H2. The minimum Gasteiger partial charge on any atom is -0.312 e. The molecule has 5 nitrogen and oxygen atoms in total. The van der Waals surface area contributed by atoms with Crippen molar-refractivity contribution in [3.05, 3.63) is 83.0 Å². The molecule has 28 heavy (non-hydrogen) atoms. The van der Waals surface area contributed by atoms with Crippen LogP contribution in [0.15, 0.2) is 60.9 Å². The predicted molar refractivity (Wildman–Crippen MR) is 107 cm³/mol. The van der Waals surface area contributed by atoms with Crippen LogP contribution >= 0.6 is 11.6 Å². The maximum atomic E-state index is 14.6. The number of hydrogen-bond donors (Lipinski definition) is 1. The lowest BCUT2D eigenvalue weighted by atomic mass is 10.0. The second-order valence-corrected chi connectivity index (χ2v) is 7.05. The monoisotopic (exact) mass is 393 g/mol. The zero-order valence-electron chi connectivity index (χ0n) is 14.9. The van der Waals surface area contributed by atoms with Gasteiger partial charge in [-0.3, -0.25) is 4.57 Å². The van der Waals surface area contributed by atoms with Gasteiger partial charge in [-0.2, -0.15) is 5.10 Å². The topological polar surface area (TPSA) is 47.7 Å². The third kappa shape index (κ3) is 2.73. The van der Waals surface area contributed by atoms with Crippen LogP contribution in [0.2, 0.25) is 5.02 Å². The summed E-state index contributed by atoms with van der Waals surface area (Å²) in [4.78, 5) is 4.54. The number of rotatable bonds is 3. The summed E-state index contributed by atoms with van der Waals surface area (Å²) >= 11 is 6.34. The first-order valence-corrected chi connectivity index (χ1v) is 9.47. The summed E-state index contributed by atoms with van der Waals surface area (Å²) in [7, 11) is 0. The number of halogens is 2. The van der Waals surface area contributed by atoms with Crippen LogP contribution in [0.3, 0.4) is 0 Å². The molecule has 2 aromatic carbocycles. The zero-order chi connectivity index (χ0) is 19.1. The Bertz CT molecular complexity index is 1130. The summed E-state index contributed by atoms with van der Waals surface area (Å²) in [5, 5.41) is 8.48. The highest BCUT2D eigenvalue weighted by atomic mass is 35.5. The SMILES string of the molecule is Fc1cccc(Cl)c1-c1nn(-c2nccn2-c2ccccc2)c2c1CNCC2. The van der Waals surface area contributed by atoms with Gasteiger partial charge in [-0.05, 0) is 24.3 Å². The molecule has 3 heterocycles. The van der Waals surface area contributed by atoms with Crippen LogP contribution in [0, 0.1) is 5.82 Å². The molecule has 0 unspecified atom stereocenters. The minimum atomic E-state index is -0.378. The van der Waals surface area contributed by atoms with Gasteiger partial charge in [0.1, 0.15) is 11.5 Å². The Balaban J connectivity index is 1.73. The van der Waals surface area contributed by atoms with Crippen LogP contribution in [0.4, 0.5) is 4.39 Å². The molecule has 0 fully saturated rings. The lowest BCUT2D eigenvalue weighted by Crippen LogP contribution is -2.25. The summed E-state index contributed by atoms with van der Waals surface area (Å²) in [5.74, 6) is 0.292. The van der Waals surface area contributed by atoms with Crippen molar-refractivity contribution in [1.82, 2.24) is 24.6 Å². The maximum Gasteiger partial charge on any atom is 0.235 e. The van der Waals surface area contributed by atoms with Gasteiger partial charge in [0, 0.05) is 43.2 Å². The lowest BCUT2D eigenvalue weighted by molar-refractivity contribution is 0.615. The highest BCUT2D eigenvalue weighted by Crippen LogP contribution is 2.35. The van der Waals surface area contributed by atoms with Gasteiger partial charge in [0.15, 0.2) is 0 Å². The fraction of sp³-hybridized carbons (Fsp3) is 0.143. The third-order valence-corrected chi connectivity index (χ3v) is 5.29. The molecule has 1 aliphatic heterocycles. The molecule has 0 amide bonds. The van der Waals surface area contributed by atoms with E-state index in [1.54, 1.807) is 18.3 Å². The van der Waals surface area contributed by atoms with Gasteiger partial charge in [0.2, 0.25) is 5.95 Å². The quantitative estimate of drug-likeness (QED) is 0.568. The lowest BCUT2D eigenvalue weighted by Gasteiger charge is -2.16. The summed E-state index contributed by atoms with van der Waals surface area (Å²) in [5.41, 5.74) is 3.87. The van der Waals surface area contributed by atoms with Crippen molar-refractivity contribution in [2.24, 2.45) is 0 Å². The molecule has 0 saturated heterocycles. The van der Waals surface area contributed by atoms with Crippen molar-refractivity contribution in [3.63, 3.8) is 0 Å². The van der Waals surface area contributed by atoms with Crippen LogP contribution in [-0.4, -0.2) is 25.9 Å². The van der Waals surface area contributed by atoms with Gasteiger partial charge in [0.05, 0.1) is 16.3 Å². The van der Waals surface area contributed by atoms with Gasteiger partial charge >= 0.3 is 0 Å². The Labute approximate surface area is 166 Å². The van der Waals surface area contributed by atoms with E-state index in [-0.39, 0.29) is 5.82 Å². The Morgan fingerprint density at radius 1 is 1.07 bits per heavy atom. The molecular weight excluding hydrogens is 377 g/mol. The number of imidazole rings is 1. The molecule has 1 aliphatic rings. The second-order valence-electron chi connectivity index (χ2n) is 6.64. The highest BCUT2D eigenvalue weighted by molar-refractivity contribution is 6.33. The van der Waals surface area contributed by atoms with Gasteiger partial charge < -0.3 is 5.32 Å². The van der Waals surface area contributed by atoms with Gasteiger partial charge in [0.25, 0.3) is 0 Å². The molecule has 0 bridgehead atoms. The van der Waals surface area contributed by atoms with E-state index in [1.165, 1.54) is 6.07 Å². The van der Waals surface area contributed by atoms with E-state index in [1.807, 2.05) is 45.8 Å². The van der Waals surface area contributed by atoms with E-state index in [4.69, 9.17) is 16.7 Å². The molecule has 2 aromatic heterocycles. The summed E-state index contributed by atoms with van der Waals surface area (Å²) in [6.07, 6.45) is 4.42. The largest absolute Gasteiger partial charge is 0.312 e. The van der Waals surface area contributed by atoms with Crippen molar-refractivity contribution in [2.45, 2.75) is 13.0 Å². The first-order valence-electron chi connectivity index (χ1n) is 9.09. The number of benzene rings is 2. The average molecular weight is 394 g/mol. The molecule has 0 radical (unpaired) electrons. The third-order valence-electron chi connectivity index (χ3n) is 4.97. The maximum absolute atomic E-state index is 14.6. The molecule has 0 saturated carbocycles. The first kappa shape index (κ1) is 17.2. The predicted octanol–water partition coefficient (Wildman–Crippen LogP) is 4.16.